The van der Waals surface area contributed by atoms with E-state index in [0.717, 1.165) is 0 Å². The van der Waals surface area contributed by atoms with Crippen molar-refractivity contribution >= 4 is 0 Å². The molecule has 4 atom stereocenters. The maximum Gasteiger partial charge on any atom is 0.419 e. The number of rotatable bonds is 5. The van der Waals surface area contributed by atoms with Gasteiger partial charge in [-0.3, -0.25) is 5.32 Å². The lowest BCUT2D eigenvalue weighted by Crippen LogP contribution is -2.50. The van der Waals surface area contributed by atoms with E-state index in [2.05, 4.69) is 10.6 Å². The molecule has 3 rings (SSSR count). The molecule has 0 aromatic heterocycles. The van der Waals surface area contributed by atoms with Gasteiger partial charge < -0.3 is 20.3 Å². The Kier molecular flexibility index (Phi) is 5.50. The summed E-state index contributed by atoms with van der Waals surface area (Å²) < 4.78 is 71.5. The van der Waals surface area contributed by atoms with E-state index in [-0.39, 0.29) is 43.7 Å². The lowest BCUT2D eigenvalue weighted by molar-refractivity contribution is -0.140. The van der Waals surface area contributed by atoms with Gasteiger partial charge in [0.15, 0.2) is 0 Å². The smallest absolute Gasteiger partial charge is 0.392 e. The van der Waals surface area contributed by atoms with Gasteiger partial charge in [-0.15, -0.1) is 0 Å². The molecular weight excluding hydrogens is 363 g/mol. The van der Waals surface area contributed by atoms with Crippen molar-refractivity contribution in [1.82, 2.24) is 10.6 Å². The first-order chi connectivity index (χ1) is 12.2. The van der Waals surface area contributed by atoms with Gasteiger partial charge in [0.2, 0.25) is 0 Å². The zero-order chi connectivity index (χ0) is 19.1. The van der Waals surface area contributed by atoms with Gasteiger partial charge in [0.25, 0.3) is 0 Å². The molecule has 2 saturated heterocycles. The Morgan fingerprint density at radius 3 is 2.38 bits per heavy atom. The first-order valence-electron chi connectivity index (χ1n) is 8.16. The molecule has 4 N–H and O–H groups in total. The molecule has 5 nitrogen and oxygen atoms in total. The van der Waals surface area contributed by atoms with Gasteiger partial charge in [-0.2, -0.15) is 13.2 Å². The second-order valence-electron chi connectivity index (χ2n) is 6.64. The van der Waals surface area contributed by atoms with Crippen LogP contribution in [-0.2, 0) is 10.9 Å². The summed E-state index contributed by atoms with van der Waals surface area (Å²) in [5.74, 6) is -3.12. The van der Waals surface area contributed by atoms with Crippen LogP contribution in [0.3, 0.4) is 0 Å². The van der Waals surface area contributed by atoms with Crippen molar-refractivity contribution in [3.05, 3.63) is 34.9 Å². The summed E-state index contributed by atoms with van der Waals surface area (Å²) in [7, 11) is 0. The number of aliphatic hydroxyl groups excluding tert-OH is 2. The van der Waals surface area contributed by atoms with Crippen molar-refractivity contribution < 1.29 is 36.9 Å². The minimum atomic E-state index is -5.00. The van der Waals surface area contributed by atoms with Crippen LogP contribution < -0.4 is 10.6 Å². The topological polar surface area (TPSA) is 73.8 Å². The molecule has 2 aliphatic rings. The average molecular weight is 382 g/mol. The lowest BCUT2D eigenvalue weighted by atomic mass is 9.89. The molecule has 10 heteroatoms. The number of hydrogen-bond donors (Lipinski definition) is 4. The molecule has 2 heterocycles. The highest BCUT2D eigenvalue weighted by molar-refractivity contribution is 5.31. The Morgan fingerprint density at radius 1 is 1.19 bits per heavy atom. The molecule has 1 aromatic rings. The molecule has 2 aliphatic heterocycles. The van der Waals surface area contributed by atoms with Crippen molar-refractivity contribution in [1.29, 1.82) is 0 Å². The largest absolute Gasteiger partial charge is 0.419 e. The van der Waals surface area contributed by atoms with Crippen LogP contribution in [0.25, 0.3) is 0 Å². The summed E-state index contributed by atoms with van der Waals surface area (Å²) in [5, 5.41) is 25.4. The van der Waals surface area contributed by atoms with Gasteiger partial charge in [-0.25, -0.2) is 8.78 Å². The Bertz CT molecular complexity index is 654. The van der Waals surface area contributed by atoms with E-state index in [0.29, 0.717) is 6.07 Å². The summed E-state index contributed by atoms with van der Waals surface area (Å²) in [4.78, 5) is 0. The Hall–Kier alpha value is -1.33. The molecule has 0 bridgehead atoms. The number of ether oxygens (including phenoxy) is 1. The number of nitrogens with one attached hydrogen (secondary N) is 2. The van der Waals surface area contributed by atoms with Gasteiger partial charge >= 0.3 is 6.18 Å². The molecule has 2 unspecified atom stereocenters. The van der Waals surface area contributed by atoms with Gasteiger partial charge in [0.05, 0.1) is 24.9 Å². The first kappa shape index (κ1) is 19.4. The molecule has 1 aromatic carbocycles. The second-order valence-corrected chi connectivity index (χ2v) is 6.64. The number of halogens is 5. The quantitative estimate of drug-likeness (QED) is 0.457. The van der Waals surface area contributed by atoms with E-state index >= 15 is 0 Å². The fraction of sp³-hybridized carbons (Fsp3) is 0.625. The number of aliphatic hydroxyl groups is 2. The number of β-amino-alcohol motifs (C(OH)–C–C–N with tert-alkyl or cyclic N) is 1. The van der Waals surface area contributed by atoms with Crippen LogP contribution >= 0.6 is 0 Å². The van der Waals surface area contributed by atoms with Crippen LogP contribution in [0.15, 0.2) is 12.1 Å². The van der Waals surface area contributed by atoms with E-state index in [4.69, 9.17) is 4.74 Å². The Labute approximate surface area is 146 Å². The highest BCUT2D eigenvalue weighted by Crippen LogP contribution is 2.36. The summed E-state index contributed by atoms with van der Waals surface area (Å²) in [6.07, 6.45) is -6.59. The first-order valence-corrected chi connectivity index (χ1v) is 8.16. The van der Waals surface area contributed by atoms with Gasteiger partial charge in [-0.1, -0.05) is 0 Å². The van der Waals surface area contributed by atoms with E-state index in [1.54, 1.807) is 0 Å². The third-order valence-electron chi connectivity index (χ3n) is 4.74. The van der Waals surface area contributed by atoms with E-state index in [9.17, 15) is 32.2 Å². The minimum Gasteiger partial charge on any atom is -0.392 e. The van der Waals surface area contributed by atoms with E-state index in [1.807, 2.05) is 0 Å². The number of hydrogen-bond acceptors (Lipinski definition) is 5. The fourth-order valence-corrected chi connectivity index (χ4v) is 3.23. The highest BCUT2D eigenvalue weighted by atomic mass is 19.4. The second kappa shape index (κ2) is 7.35. The molecule has 0 radical (unpaired) electrons. The van der Waals surface area contributed by atoms with Crippen molar-refractivity contribution in [3.63, 3.8) is 0 Å². The number of alkyl halides is 3. The molecule has 146 valence electrons. The summed E-state index contributed by atoms with van der Waals surface area (Å²) >= 11 is 0. The number of benzene rings is 1. The molecule has 0 amide bonds. The normalized spacial score (nSPS) is 26.6. The van der Waals surface area contributed by atoms with Crippen LogP contribution in [0.2, 0.25) is 0 Å². The van der Waals surface area contributed by atoms with Crippen molar-refractivity contribution in [2.45, 2.75) is 37.0 Å². The Morgan fingerprint density at radius 2 is 1.88 bits per heavy atom. The van der Waals surface area contributed by atoms with Gasteiger partial charge in [0, 0.05) is 30.1 Å². The molecular formula is C16H19F5N2O3. The van der Waals surface area contributed by atoms with Crippen LogP contribution in [-0.4, -0.2) is 48.3 Å². The van der Waals surface area contributed by atoms with Crippen molar-refractivity contribution in [2.24, 2.45) is 5.92 Å². The maximum atomic E-state index is 14.3. The minimum absolute atomic E-state index is 0.128. The SMILES string of the molecule is OC(N[C@@H](c1cc(F)c(C(F)(F)F)cc1F)C1COC1)C1C[C@@H](O)CN1. The third kappa shape index (κ3) is 3.99. The predicted molar refractivity (Wildman–Crippen MR) is 80.0 cm³/mol. The molecule has 2 fully saturated rings. The van der Waals surface area contributed by atoms with E-state index < -0.39 is 47.8 Å². The molecule has 26 heavy (non-hydrogen) atoms. The highest BCUT2D eigenvalue weighted by Gasteiger charge is 2.39. The van der Waals surface area contributed by atoms with Crippen molar-refractivity contribution in [3.8, 4) is 0 Å². The van der Waals surface area contributed by atoms with E-state index in [1.165, 1.54) is 0 Å². The average Bonchev–Trinajstić information content (AvgIpc) is 2.92. The third-order valence-corrected chi connectivity index (χ3v) is 4.74. The Balaban J connectivity index is 1.85. The molecule has 0 aliphatic carbocycles. The summed E-state index contributed by atoms with van der Waals surface area (Å²) in [6.45, 7) is 0.685. The van der Waals surface area contributed by atoms with Gasteiger partial charge in [0.1, 0.15) is 17.9 Å². The lowest BCUT2D eigenvalue weighted by Gasteiger charge is -2.37. The van der Waals surface area contributed by atoms with Gasteiger partial charge in [-0.05, 0) is 18.6 Å². The standard InChI is InChI=1S/C16H19F5N2O3/c17-11-3-10(16(19,20)21)12(18)2-9(11)14(7-5-26-6-7)23-15(25)13-1-8(24)4-22-13/h2-3,7-8,13-15,22-25H,1,4-6H2/t8-,13?,14-,15?/m1/s1. The van der Waals surface area contributed by atoms with Crippen LogP contribution in [0.5, 0.6) is 0 Å². The van der Waals surface area contributed by atoms with Crippen LogP contribution in [0.4, 0.5) is 22.0 Å². The van der Waals surface area contributed by atoms with Crippen LogP contribution in [0.1, 0.15) is 23.6 Å². The molecule has 0 spiro atoms. The summed E-state index contributed by atoms with van der Waals surface area (Å²) in [6, 6.07) is -0.813. The zero-order valence-electron chi connectivity index (χ0n) is 13.6. The summed E-state index contributed by atoms with van der Waals surface area (Å²) in [5.41, 5.74) is -1.98. The monoisotopic (exact) mass is 382 g/mol. The molecule has 0 saturated carbocycles. The van der Waals surface area contributed by atoms with Crippen molar-refractivity contribution in [2.75, 3.05) is 19.8 Å². The fourth-order valence-electron chi connectivity index (χ4n) is 3.23. The zero-order valence-corrected chi connectivity index (χ0v) is 13.6. The predicted octanol–water partition coefficient (Wildman–Crippen LogP) is 1.30. The maximum absolute atomic E-state index is 14.3. The van der Waals surface area contributed by atoms with Crippen LogP contribution in [0, 0.1) is 17.6 Å².